The molecular formula is C12H12BrN3S2. The molecule has 3 rings (SSSR count). The van der Waals surface area contributed by atoms with Crippen LogP contribution in [0.1, 0.15) is 0 Å². The van der Waals surface area contributed by atoms with Crippen molar-refractivity contribution in [3.05, 3.63) is 28.7 Å². The van der Waals surface area contributed by atoms with Crippen LogP contribution in [-0.2, 0) is 0 Å². The van der Waals surface area contributed by atoms with Crippen LogP contribution in [0, 0.1) is 0 Å². The van der Waals surface area contributed by atoms with E-state index in [-0.39, 0.29) is 0 Å². The molecule has 3 nitrogen and oxygen atoms in total. The smallest absolute Gasteiger partial charge is 0.170 e. The second-order valence-corrected chi connectivity index (χ2v) is 6.93. The van der Waals surface area contributed by atoms with Gasteiger partial charge >= 0.3 is 0 Å². The first-order valence-electron chi connectivity index (χ1n) is 5.75. The quantitative estimate of drug-likeness (QED) is 0.781. The maximum Gasteiger partial charge on any atom is 0.170 e. The van der Waals surface area contributed by atoms with Crippen LogP contribution < -0.4 is 0 Å². The Balaban J connectivity index is 1.86. The van der Waals surface area contributed by atoms with Crippen LogP contribution in [0.15, 0.2) is 38.7 Å². The molecule has 0 N–H and O–H groups in total. The number of halogens is 1. The number of thioether (sulfide) groups is 2. The summed E-state index contributed by atoms with van der Waals surface area (Å²) in [5, 5.41) is 2.20. The molecule has 2 heterocycles. The fraction of sp³-hybridized carbons (Fsp3) is 0.333. The van der Waals surface area contributed by atoms with Crippen molar-refractivity contribution >= 4 is 55.5 Å². The standard InChI is InChI=1S/C12H12BrN3S2/c13-9-2-1-3-10(8-9)15-12-16(5-7-18-12)11-14-4-6-17-11/h1-3,8H,4-7H2. The number of hydrogen-bond donors (Lipinski definition) is 0. The Bertz CT molecular complexity index is 516. The van der Waals surface area contributed by atoms with Crippen LogP contribution in [0.5, 0.6) is 0 Å². The van der Waals surface area contributed by atoms with Gasteiger partial charge < -0.3 is 0 Å². The Morgan fingerprint density at radius 1 is 1.28 bits per heavy atom. The van der Waals surface area contributed by atoms with E-state index in [1.54, 1.807) is 11.8 Å². The predicted molar refractivity (Wildman–Crippen MR) is 85.2 cm³/mol. The summed E-state index contributed by atoms with van der Waals surface area (Å²) in [5.74, 6) is 2.19. The number of benzene rings is 1. The fourth-order valence-corrected chi connectivity index (χ4v) is 4.10. The van der Waals surface area contributed by atoms with Crippen molar-refractivity contribution < 1.29 is 0 Å². The van der Waals surface area contributed by atoms with Gasteiger partial charge in [0.15, 0.2) is 10.3 Å². The molecule has 2 aliphatic heterocycles. The number of rotatable bonds is 1. The summed E-state index contributed by atoms with van der Waals surface area (Å²) in [6.45, 7) is 1.95. The van der Waals surface area contributed by atoms with Gasteiger partial charge in [-0.3, -0.25) is 9.89 Å². The fourth-order valence-electron chi connectivity index (χ4n) is 1.82. The van der Waals surface area contributed by atoms with Crippen LogP contribution >= 0.6 is 39.5 Å². The summed E-state index contributed by atoms with van der Waals surface area (Å²) in [6, 6.07) is 8.08. The lowest BCUT2D eigenvalue weighted by Crippen LogP contribution is -2.28. The van der Waals surface area contributed by atoms with Crippen molar-refractivity contribution in [1.82, 2.24) is 4.90 Å². The SMILES string of the molecule is Brc1cccc(N=C2SCCN2C2=NCCS2)c1. The van der Waals surface area contributed by atoms with Gasteiger partial charge in [-0.1, -0.05) is 45.5 Å². The third kappa shape index (κ3) is 2.75. The number of nitrogens with zero attached hydrogens (tertiary/aromatic N) is 3. The van der Waals surface area contributed by atoms with Crippen molar-refractivity contribution in [2.24, 2.45) is 9.98 Å². The first-order valence-corrected chi connectivity index (χ1v) is 8.51. The molecule has 6 heteroatoms. The lowest BCUT2D eigenvalue weighted by molar-refractivity contribution is 0.689. The Morgan fingerprint density at radius 2 is 2.22 bits per heavy atom. The third-order valence-corrected chi connectivity index (χ3v) is 5.05. The van der Waals surface area contributed by atoms with Gasteiger partial charge in [0, 0.05) is 22.5 Å². The topological polar surface area (TPSA) is 28.0 Å². The lowest BCUT2D eigenvalue weighted by Gasteiger charge is -2.16. The van der Waals surface area contributed by atoms with Gasteiger partial charge in [-0.2, -0.15) is 0 Å². The second-order valence-electron chi connectivity index (χ2n) is 3.89. The molecule has 1 aromatic rings. The highest BCUT2D eigenvalue weighted by molar-refractivity contribution is 9.10. The van der Waals surface area contributed by atoms with E-state index in [1.165, 1.54) is 0 Å². The molecule has 0 atom stereocenters. The summed E-state index contributed by atoms with van der Waals surface area (Å²) in [4.78, 5) is 11.5. The van der Waals surface area contributed by atoms with Gasteiger partial charge in [-0.05, 0) is 18.2 Å². The molecule has 0 radical (unpaired) electrons. The zero-order valence-electron chi connectivity index (χ0n) is 9.67. The van der Waals surface area contributed by atoms with Crippen LogP contribution in [0.3, 0.4) is 0 Å². The highest BCUT2D eigenvalue weighted by Crippen LogP contribution is 2.28. The molecule has 2 aliphatic rings. The summed E-state index contributed by atoms with van der Waals surface area (Å²) in [5.41, 5.74) is 0.988. The van der Waals surface area contributed by atoms with Gasteiger partial charge in [0.1, 0.15) is 0 Å². The second kappa shape index (κ2) is 5.67. The Morgan fingerprint density at radius 3 is 3.00 bits per heavy atom. The molecule has 18 heavy (non-hydrogen) atoms. The molecule has 94 valence electrons. The molecule has 0 unspecified atom stereocenters. The molecule has 1 aromatic carbocycles. The van der Waals surface area contributed by atoms with Crippen LogP contribution in [-0.4, -0.2) is 39.8 Å². The lowest BCUT2D eigenvalue weighted by atomic mass is 10.3. The number of aliphatic imine (C=N–C) groups is 2. The minimum Gasteiger partial charge on any atom is -0.299 e. The van der Waals surface area contributed by atoms with Crippen LogP contribution in [0.25, 0.3) is 0 Å². The Hall–Kier alpha value is -0.460. The molecule has 1 fully saturated rings. The zero-order chi connectivity index (χ0) is 12.4. The molecule has 0 bridgehead atoms. The summed E-state index contributed by atoms with van der Waals surface area (Å²) in [6.07, 6.45) is 0. The highest BCUT2D eigenvalue weighted by atomic mass is 79.9. The van der Waals surface area contributed by atoms with E-state index in [4.69, 9.17) is 4.99 Å². The largest absolute Gasteiger partial charge is 0.299 e. The van der Waals surface area contributed by atoms with Crippen LogP contribution in [0.4, 0.5) is 5.69 Å². The van der Waals surface area contributed by atoms with Gasteiger partial charge in [0.05, 0.1) is 12.2 Å². The van der Waals surface area contributed by atoms with Crippen molar-refractivity contribution in [1.29, 1.82) is 0 Å². The van der Waals surface area contributed by atoms with Gasteiger partial charge in [0.25, 0.3) is 0 Å². The maximum atomic E-state index is 4.73. The van der Waals surface area contributed by atoms with Gasteiger partial charge in [-0.25, -0.2) is 4.99 Å². The monoisotopic (exact) mass is 341 g/mol. The first kappa shape index (κ1) is 12.6. The number of amidine groups is 2. The first-order chi connectivity index (χ1) is 8.83. The Labute approximate surface area is 123 Å². The van der Waals surface area contributed by atoms with Gasteiger partial charge in [-0.15, -0.1) is 0 Å². The van der Waals surface area contributed by atoms with Gasteiger partial charge in [0.2, 0.25) is 0 Å². The molecule has 0 spiro atoms. The van der Waals surface area contributed by atoms with E-state index in [0.29, 0.717) is 0 Å². The molecule has 0 aromatic heterocycles. The minimum atomic E-state index is 0.936. The zero-order valence-corrected chi connectivity index (χ0v) is 12.9. The molecule has 0 aliphatic carbocycles. The van der Waals surface area contributed by atoms with E-state index in [2.05, 4.69) is 25.8 Å². The maximum absolute atomic E-state index is 4.73. The van der Waals surface area contributed by atoms with Crippen molar-refractivity contribution in [3.63, 3.8) is 0 Å². The molecular weight excluding hydrogens is 330 g/mol. The summed E-state index contributed by atoms with van der Waals surface area (Å²) < 4.78 is 1.06. The average Bonchev–Trinajstić information content (AvgIpc) is 2.98. The van der Waals surface area contributed by atoms with E-state index in [0.717, 1.165) is 45.1 Å². The highest BCUT2D eigenvalue weighted by Gasteiger charge is 2.26. The Kier molecular flexibility index (Phi) is 3.96. The summed E-state index contributed by atoms with van der Waals surface area (Å²) >= 11 is 7.11. The van der Waals surface area contributed by atoms with E-state index in [1.807, 2.05) is 36.0 Å². The van der Waals surface area contributed by atoms with Crippen molar-refractivity contribution in [2.75, 3.05) is 24.6 Å². The molecule has 1 saturated heterocycles. The molecule has 0 amide bonds. The van der Waals surface area contributed by atoms with E-state index in [9.17, 15) is 0 Å². The normalized spacial score (nSPS) is 21.7. The molecule has 0 saturated carbocycles. The van der Waals surface area contributed by atoms with E-state index < -0.39 is 0 Å². The third-order valence-electron chi connectivity index (χ3n) is 2.61. The minimum absolute atomic E-state index is 0.936. The van der Waals surface area contributed by atoms with Crippen molar-refractivity contribution in [3.8, 4) is 0 Å². The summed E-state index contributed by atoms with van der Waals surface area (Å²) in [7, 11) is 0. The van der Waals surface area contributed by atoms with Crippen LogP contribution in [0.2, 0.25) is 0 Å². The average molecular weight is 342 g/mol. The van der Waals surface area contributed by atoms with Crippen molar-refractivity contribution in [2.45, 2.75) is 0 Å². The van der Waals surface area contributed by atoms with E-state index >= 15 is 0 Å². The number of hydrogen-bond acceptors (Lipinski definition) is 4. The predicted octanol–water partition coefficient (Wildman–Crippen LogP) is 3.59.